The predicted molar refractivity (Wildman–Crippen MR) is 181 cm³/mol. The molecule has 278 valence electrons. The lowest BCUT2D eigenvalue weighted by atomic mass is 10.1. The van der Waals surface area contributed by atoms with Crippen molar-refractivity contribution >= 4 is 35.5 Å². The first-order valence-corrected chi connectivity index (χ1v) is 17.6. The molecular weight excluding hydrogens is 676 g/mol. The normalized spacial score (nSPS) is 21.7. The van der Waals surface area contributed by atoms with E-state index in [0.29, 0.717) is 55.9 Å². The van der Waals surface area contributed by atoms with E-state index in [9.17, 15) is 33.9 Å². The Hall–Kier alpha value is -5.59. The van der Waals surface area contributed by atoms with Crippen molar-refractivity contribution in [2.24, 2.45) is 0 Å². The summed E-state index contributed by atoms with van der Waals surface area (Å²) in [7, 11) is 0. The molecule has 3 fully saturated rings. The van der Waals surface area contributed by atoms with Gasteiger partial charge in [0, 0.05) is 50.9 Å². The SMILES string of the molecule is O=C(O)[C@H](Cc1c[nH]cn1)NC(=O)[C@H](Cc1c[nH]cn1)NC(=O)[C@H](Cc1c[nH]cn1)NC(=O)[C@@H]1CCCN1C(=O)[C@@H]1CCCN1C(=O)[C@@H]1CCCN1. The number of carbonyl (C=O) groups excluding carboxylic acids is 5. The summed E-state index contributed by atoms with van der Waals surface area (Å²) in [6, 6.07) is -5.68. The lowest BCUT2D eigenvalue weighted by molar-refractivity contribution is -0.147. The fourth-order valence-corrected chi connectivity index (χ4v) is 7.14. The number of nitrogens with one attached hydrogen (secondary N) is 7. The molecule has 19 heteroatoms. The van der Waals surface area contributed by atoms with Gasteiger partial charge in [0.15, 0.2) is 0 Å². The number of aromatic amines is 3. The van der Waals surface area contributed by atoms with Gasteiger partial charge in [0.25, 0.3) is 0 Å². The van der Waals surface area contributed by atoms with Gasteiger partial charge in [0.2, 0.25) is 29.5 Å². The summed E-state index contributed by atoms with van der Waals surface area (Å²) in [5.41, 5.74) is 1.30. The van der Waals surface area contributed by atoms with Crippen LogP contribution in [0.5, 0.6) is 0 Å². The van der Waals surface area contributed by atoms with Crippen LogP contribution in [0.15, 0.2) is 37.6 Å². The fraction of sp³-hybridized carbons (Fsp3) is 0.545. The molecule has 5 amide bonds. The van der Waals surface area contributed by atoms with E-state index in [0.717, 1.165) is 19.4 Å². The van der Waals surface area contributed by atoms with E-state index in [2.05, 4.69) is 51.2 Å². The Labute approximate surface area is 298 Å². The summed E-state index contributed by atoms with van der Waals surface area (Å²) in [4.78, 5) is 105. The molecule has 3 saturated heterocycles. The number of amides is 5. The molecule has 6 rings (SSSR count). The van der Waals surface area contributed by atoms with Crippen LogP contribution in [-0.2, 0) is 48.0 Å². The Bertz CT molecular complexity index is 1690. The molecule has 0 aliphatic carbocycles. The number of imidazole rings is 3. The largest absolute Gasteiger partial charge is 0.480 e. The maximum Gasteiger partial charge on any atom is 0.326 e. The molecule has 0 bridgehead atoms. The first-order chi connectivity index (χ1) is 25.2. The molecule has 6 heterocycles. The number of carboxylic acid groups (broad SMARTS) is 1. The molecule has 8 N–H and O–H groups in total. The number of aliphatic carboxylic acids is 1. The fourth-order valence-electron chi connectivity index (χ4n) is 7.14. The zero-order valence-corrected chi connectivity index (χ0v) is 28.5. The third-order valence-electron chi connectivity index (χ3n) is 9.80. The van der Waals surface area contributed by atoms with Gasteiger partial charge in [-0.1, -0.05) is 0 Å². The number of likely N-dealkylation sites (tertiary alicyclic amines) is 2. The van der Waals surface area contributed by atoms with Crippen LogP contribution >= 0.6 is 0 Å². The van der Waals surface area contributed by atoms with Crippen molar-refractivity contribution in [1.82, 2.24) is 61.0 Å². The first-order valence-electron chi connectivity index (χ1n) is 17.6. The highest BCUT2D eigenvalue weighted by Gasteiger charge is 2.44. The van der Waals surface area contributed by atoms with Crippen molar-refractivity contribution in [2.75, 3.05) is 19.6 Å². The van der Waals surface area contributed by atoms with E-state index in [4.69, 9.17) is 0 Å². The van der Waals surface area contributed by atoms with Crippen molar-refractivity contribution in [3.05, 3.63) is 54.7 Å². The Morgan fingerprint density at radius 3 is 1.67 bits per heavy atom. The van der Waals surface area contributed by atoms with Crippen LogP contribution in [0.25, 0.3) is 0 Å². The highest BCUT2D eigenvalue weighted by Crippen LogP contribution is 2.26. The molecule has 3 aromatic heterocycles. The summed E-state index contributed by atoms with van der Waals surface area (Å²) < 4.78 is 0. The smallest absolute Gasteiger partial charge is 0.326 e. The Morgan fingerprint density at radius 2 is 1.17 bits per heavy atom. The number of rotatable bonds is 15. The van der Waals surface area contributed by atoms with Crippen molar-refractivity contribution < 1.29 is 33.9 Å². The van der Waals surface area contributed by atoms with Gasteiger partial charge < -0.3 is 51.1 Å². The molecule has 3 aliphatic rings. The van der Waals surface area contributed by atoms with Gasteiger partial charge in [-0.3, -0.25) is 24.0 Å². The van der Waals surface area contributed by atoms with Crippen molar-refractivity contribution in [1.29, 1.82) is 0 Å². The van der Waals surface area contributed by atoms with Gasteiger partial charge in [-0.25, -0.2) is 19.7 Å². The average Bonchev–Trinajstić information content (AvgIpc) is 3.99. The van der Waals surface area contributed by atoms with Crippen LogP contribution in [0, 0.1) is 0 Å². The van der Waals surface area contributed by atoms with E-state index in [1.807, 2.05) is 0 Å². The molecule has 0 spiro atoms. The summed E-state index contributed by atoms with van der Waals surface area (Å²) in [6.07, 6.45) is 12.4. The van der Waals surface area contributed by atoms with E-state index in [1.54, 1.807) is 17.3 Å². The molecule has 52 heavy (non-hydrogen) atoms. The average molecular weight is 721 g/mol. The summed E-state index contributed by atoms with van der Waals surface area (Å²) in [6.45, 7) is 1.57. The molecule has 0 aromatic carbocycles. The highest BCUT2D eigenvalue weighted by atomic mass is 16.4. The number of aromatic nitrogens is 6. The van der Waals surface area contributed by atoms with Crippen LogP contribution in [0.2, 0.25) is 0 Å². The molecule has 3 aliphatic heterocycles. The van der Waals surface area contributed by atoms with Gasteiger partial charge in [0.05, 0.1) is 42.1 Å². The molecular formula is C33H44N12O7. The Kier molecular flexibility index (Phi) is 11.6. The number of hydrogen-bond donors (Lipinski definition) is 8. The summed E-state index contributed by atoms with van der Waals surface area (Å²) in [5.74, 6) is -3.71. The first kappa shape index (κ1) is 36.2. The third-order valence-corrected chi connectivity index (χ3v) is 9.80. The second kappa shape index (κ2) is 16.6. The molecule has 6 atom stereocenters. The van der Waals surface area contributed by atoms with Gasteiger partial charge in [-0.15, -0.1) is 0 Å². The lowest BCUT2D eigenvalue weighted by Crippen LogP contribution is -2.59. The van der Waals surface area contributed by atoms with Gasteiger partial charge in [0.1, 0.15) is 30.2 Å². The number of carbonyl (C=O) groups is 6. The van der Waals surface area contributed by atoms with Gasteiger partial charge >= 0.3 is 5.97 Å². The minimum absolute atomic E-state index is 0.0469. The summed E-state index contributed by atoms with van der Waals surface area (Å²) >= 11 is 0. The maximum absolute atomic E-state index is 14.0. The Morgan fingerprint density at radius 1 is 0.673 bits per heavy atom. The van der Waals surface area contributed by atoms with E-state index < -0.39 is 53.9 Å². The number of H-pyrrole nitrogens is 3. The minimum atomic E-state index is -1.35. The molecule has 0 unspecified atom stereocenters. The van der Waals surface area contributed by atoms with E-state index in [-0.39, 0.29) is 37.1 Å². The minimum Gasteiger partial charge on any atom is -0.480 e. The van der Waals surface area contributed by atoms with Crippen LogP contribution in [0.3, 0.4) is 0 Å². The number of carboxylic acids is 1. The number of nitrogens with zero attached hydrogens (tertiary/aromatic N) is 5. The topological polar surface area (TPSA) is 263 Å². The van der Waals surface area contributed by atoms with Crippen molar-refractivity contribution in [2.45, 2.75) is 94.0 Å². The van der Waals surface area contributed by atoms with Crippen LogP contribution in [0.4, 0.5) is 0 Å². The Balaban J connectivity index is 1.16. The monoisotopic (exact) mass is 720 g/mol. The highest BCUT2D eigenvalue weighted by molar-refractivity contribution is 5.97. The zero-order valence-electron chi connectivity index (χ0n) is 28.5. The van der Waals surface area contributed by atoms with E-state index in [1.165, 1.54) is 30.1 Å². The van der Waals surface area contributed by atoms with Crippen LogP contribution in [0.1, 0.15) is 55.6 Å². The molecule has 3 aromatic rings. The predicted octanol–water partition coefficient (Wildman–Crippen LogP) is -1.84. The second-order valence-corrected chi connectivity index (χ2v) is 13.3. The molecule has 0 radical (unpaired) electrons. The van der Waals surface area contributed by atoms with Crippen molar-refractivity contribution in [3.63, 3.8) is 0 Å². The zero-order chi connectivity index (χ0) is 36.6. The van der Waals surface area contributed by atoms with Crippen LogP contribution in [-0.4, -0.2) is 136 Å². The van der Waals surface area contributed by atoms with Crippen molar-refractivity contribution in [3.8, 4) is 0 Å². The number of hydrogen-bond acceptors (Lipinski definition) is 10. The third kappa shape index (κ3) is 8.64. The van der Waals surface area contributed by atoms with Crippen LogP contribution < -0.4 is 21.3 Å². The summed E-state index contributed by atoms with van der Waals surface area (Å²) in [5, 5.41) is 21.0. The quantitative estimate of drug-likeness (QED) is 0.0865. The standard InChI is InChI=1S/C33H44N12O7/c46-28(41-23(10-19-13-34-16-38-19)29(47)43-25(33(51)52)12-21-15-36-18-40-21)24(11-20-14-35-17-39-20)42-30(48)26-5-2-8-44(26)32(50)27-6-3-9-45(27)31(49)22-4-1-7-37-22/h13-18,22-27,37H,1-12H2,(H,34,38)(H,35,39)(H,36,40)(H,41,46)(H,42,48)(H,43,47)(H,51,52)/t22-,23-,24-,25-,26-,27-/m0/s1. The van der Waals surface area contributed by atoms with Gasteiger partial charge in [-0.2, -0.15) is 0 Å². The molecule has 19 nitrogen and oxygen atoms in total. The second-order valence-electron chi connectivity index (χ2n) is 13.3. The van der Waals surface area contributed by atoms with Gasteiger partial charge in [-0.05, 0) is 45.1 Å². The molecule has 0 saturated carbocycles. The van der Waals surface area contributed by atoms with E-state index >= 15 is 0 Å². The maximum atomic E-state index is 14.0. The lowest BCUT2D eigenvalue weighted by Gasteiger charge is -2.32.